The van der Waals surface area contributed by atoms with Gasteiger partial charge in [0.2, 0.25) is 0 Å². The molecular formula is C13H15N3O. The van der Waals surface area contributed by atoms with Gasteiger partial charge in [0.05, 0.1) is 0 Å². The first kappa shape index (κ1) is 10.3. The number of anilines is 1. The SMILES string of the molecule is CCCc1noc(-c2ccc3c(c2)NCC3)n1. The van der Waals surface area contributed by atoms with Crippen LogP contribution in [0, 0.1) is 0 Å². The van der Waals surface area contributed by atoms with E-state index in [1.807, 2.05) is 0 Å². The van der Waals surface area contributed by atoms with E-state index in [0.29, 0.717) is 5.89 Å². The van der Waals surface area contributed by atoms with Gasteiger partial charge in [-0.2, -0.15) is 4.98 Å². The van der Waals surface area contributed by atoms with Gasteiger partial charge in [0.25, 0.3) is 5.89 Å². The highest BCUT2D eigenvalue weighted by Gasteiger charge is 2.13. The Bertz CT molecular complexity index is 533. The second kappa shape index (κ2) is 4.20. The first-order chi connectivity index (χ1) is 8.36. The van der Waals surface area contributed by atoms with E-state index in [9.17, 15) is 0 Å². The molecule has 0 saturated heterocycles. The van der Waals surface area contributed by atoms with E-state index in [-0.39, 0.29) is 0 Å². The Labute approximate surface area is 100 Å². The van der Waals surface area contributed by atoms with Crippen LogP contribution in [0.15, 0.2) is 22.7 Å². The number of nitrogens with one attached hydrogen (secondary N) is 1. The maximum Gasteiger partial charge on any atom is 0.257 e. The van der Waals surface area contributed by atoms with Crippen LogP contribution in [-0.4, -0.2) is 16.7 Å². The number of benzene rings is 1. The summed E-state index contributed by atoms with van der Waals surface area (Å²) in [5.74, 6) is 1.40. The summed E-state index contributed by atoms with van der Waals surface area (Å²) in [6.45, 7) is 3.12. The van der Waals surface area contributed by atoms with Gasteiger partial charge in [-0.15, -0.1) is 0 Å². The van der Waals surface area contributed by atoms with Crippen molar-refractivity contribution in [3.63, 3.8) is 0 Å². The number of rotatable bonds is 3. The van der Waals surface area contributed by atoms with Crippen LogP contribution in [-0.2, 0) is 12.8 Å². The van der Waals surface area contributed by atoms with Gasteiger partial charge in [0.1, 0.15) is 0 Å². The first-order valence-corrected chi connectivity index (χ1v) is 6.06. The van der Waals surface area contributed by atoms with Crippen LogP contribution in [0.1, 0.15) is 24.7 Å². The molecule has 4 heteroatoms. The van der Waals surface area contributed by atoms with Crippen LogP contribution in [0.3, 0.4) is 0 Å². The minimum absolute atomic E-state index is 0.616. The van der Waals surface area contributed by atoms with Gasteiger partial charge in [-0.1, -0.05) is 18.1 Å². The maximum absolute atomic E-state index is 5.27. The molecule has 1 aliphatic rings. The lowest BCUT2D eigenvalue weighted by atomic mass is 10.1. The van der Waals surface area contributed by atoms with Crippen LogP contribution >= 0.6 is 0 Å². The minimum Gasteiger partial charge on any atom is -0.384 e. The van der Waals surface area contributed by atoms with Gasteiger partial charge >= 0.3 is 0 Å². The van der Waals surface area contributed by atoms with E-state index in [1.165, 1.54) is 11.3 Å². The molecule has 0 saturated carbocycles. The highest BCUT2D eigenvalue weighted by molar-refractivity contribution is 5.66. The van der Waals surface area contributed by atoms with E-state index >= 15 is 0 Å². The highest BCUT2D eigenvalue weighted by Crippen LogP contribution is 2.28. The Morgan fingerprint density at radius 3 is 3.24 bits per heavy atom. The predicted molar refractivity (Wildman–Crippen MR) is 65.9 cm³/mol. The van der Waals surface area contributed by atoms with Crippen LogP contribution in [0.5, 0.6) is 0 Å². The van der Waals surface area contributed by atoms with Crippen molar-refractivity contribution >= 4 is 5.69 Å². The van der Waals surface area contributed by atoms with Gasteiger partial charge < -0.3 is 9.84 Å². The van der Waals surface area contributed by atoms with Crippen LogP contribution in [0.2, 0.25) is 0 Å². The normalized spacial score (nSPS) is 13.5. The molecule has 2 heterocycles. The molecular weight excluding hydrogens is 214 g/mol. The summed E-state index contributed by atoms with van der Waals surface area (Å²) in [7, 11) is 0. The monoisotopic (exact) mass is 229 g/mol. The molecule has 3 rings (SSSR count). The Balaban J connectivity index is 1.92. The van der Waals surface area contributed by atoms with Crippen molar-refractivity contribution in [2.45, 2.75) is 26.2 Å². The van der Waals surface area contributed by atoms with E-state index in [2.05, 4.69) is 40.6 Å². The molecule has 0 spiro atoms. The second-order valence-electron chi connectivity index (χ2n) is 4.31. The number of fused-ring (bicyclic) bond motifs is 1. The van der Waals surface area contributed by atoms with Crippen molar-refractivity contribution in [1.29, 1.82) is 0 Å². The molecule has 1 aromatic carbocycles. The quantitative estimate of drug-likeness (QED) is 0.879. The van der Waals surface area contributed by atoms with Gasteiger partial charge in [-0.05, 0) is 30.5 Å². The summed E-state index contributed by atoms with van der Waals surface area (Å²) >= 11 is 0. The molecule has 2 aromatic rings. The van der Waals surface area contributed by atoms with Crippen molar-refractivity contribution < 1.29 is 4.52 Å². The average molecular weight is 229 g/mol. The third kappa shape index (κ3) is 1.90. The molecule has 4 nitrogen and oxygen atoms in total. The average Bonchev–Trinajstić information content (AvgIpc) is 2.96. The van der Waals surface area contributed by atoms with E-state index in [4.69, 9.17) is 4.52 Å². The van der Waals surface area contributed by atoms with Gasteiger partial charge in [0, 0.05) is 24.2 Å². The largest absolute Gasteiger partial charge is 0.384 e. The third-order valence-corrected chi connectivity index (χ3v) is 3.01. The van der Waals surface area contributed by atoms with Crippen LogP contribution in [0.4, 0.5) is 5.69 Å². The molecule has 17 heavy (non-hydrogen) atoms. The van der Waals surface area contributed by atoms with Crippen LogP contribution < -0.4 is 5.32 Å². The number of aryl methyl sites for hydroxylation is 1. The molecule has 0 unspecified atom stereocenters. The molecule has 0 aliphatic carbocycles. The summed E-state index contributed by atoms with van der Waals surface area (Å²) in [6, 6.07) is 6.27. The Morgan fingerprint density at radius 2 is 2.35 bits per heavy atom. The first-order valence-electron chi connectivity index (χ1n) is 6.06. The molecule has 1 N–H and O–H groups in total. The fourth-order valence-corrected chi connectivity index (χ4v) is 2.12. The van der Waals surface area contributed by atoms with Crippen molar-refractivity contribution in [1.82, 2.24) is 10.1 Å². The lowest BCUT2D eigenvalue weighted by Gasteiger charge is -2.00. The number of aromatic nitrogens is 2. The molecule has 0 fully saturated rings. The molecule has 0 radical (unpaired) electrons. The fraction of sp³-hybridized carbons (Fsp3) is 0.385. The van der Waals surface area contributed by atoms with Gasteiger partial charge in [-0.3, -0.25) is 0 Å². The molecule has 0 amide bonds. The lowest BCUT2D eigenvalue weighted by molar-refractivity contribution is 0.422. The van der Waals surface area contributed by atoms with E-state index in [1.54, 1.807) is 0 Å². The third-order valence-electron chi connectivity index (χ3n) is 3.01. The standard InChI is InChI=1S/C13H15N3O/c1-2-3-12-15-13(17-16-12)10-5-4-9-6-7-14-11(9)8-10/h4-5,8,14H,2-3,6-7H2,1H3. The fourth-order valence-electron chi connectivity index (χ4n) is 2.12. The Kier molecular flexibility index (Phi) is 2.55. The Hall–Kier alpha value is -1.84. The van der Waals surface area contributed by atoms with Crippen molar-refractivity contribution in [2.75, 3.05) is 11.9 Å². The molecule has 0 bridgehead atoms. The number of hydrogen-bond acceptors (Lipinski definition) is 4. The highest BCUT2D eigenvalue weighted by atomic mass is 16.5. The van der Waals surface area contributed by atoms with Crippen molar-refractivity contribution in [2.24, 2.45) is 0 Å². The molecule has 1 aromatic heterocycles. The van der Waals surface area contributed by atoms with Crippen LogP contribution in [0.25, 0.3) is 11.5 Å². The zero-order chi connectivity index (χ0) is 11.7. The molecule has 88 valence electrons. The van der Waals surface area contributed by atoms with Crippen molar-refractivity contribution in [3.8, 4) is 11.5 Å². The van der Waals surface area contributed by atoms with E-state index in [0.717, 1.165) is 37.2 Å². The summed E-state index contributed by atoms with van der Waals surface area (Å²) in [5, 5.41) is 7.32. The Morgan fingerprint density at radius 1 is 1.41 bits per heavy atom. The summed E-state index contributed by atoms with van der Waals surface area (Å²) < 4.78 is 5.27. The van der Waals surface area contributed by atoms with Gasteiger partial charge in [-0.25, -0.2) is 0 Å². The molecule has 1 aliphatic heterocycles. The lowest BCUT2D eigenvalue weighted by Crippen LogP contribution is -1.91. The molecule has 0 atom stereocenters. The predicted octanol–water partition coefficient (Wildman–Crippen LogP) is 2.66. The zero-order valence-corrected chi connectivity index (χ0v) is 9.86. The topological polar surface area (TPSA) is 51.0 Å². The number of nitrogens with zero attached hydrogens (tertiary/aromatic N) is 2. The van der Waals surface area contributed by atoms with E-state index < -0.39 is 0 Å². The van der Waals surface area contributed by atoms with Crippen molar-refractivity contribution in [3.05, 3.63) is 29.6 Å². The minimum atomic E-state index is 0.616. The summed E-state index contributed by atoms with van der Waals surface area (Å²) in [5.41, 5.74) is 3.55. The summed E-state index contributed by atoms with van der Waals surface area (Å²) in [4.78, 5) is 4.39. The zero-order valence-electron chi connectivity index (χ0n) is 9.86. The summed E-state index contributed by atoms with van der Waals surface area (Å²) in [6.07, 6.45) is 3.00. The smallest absolute Gasteiger partial charge is 0.257 e. The van der Waals surface area contributed by atoms with Gasteiger partial charge in [0.15, 0.2) is 5.82 Å². The maximum atomic E-state index is 5.27. The second-order valence-corrected chi connectivity index (χ2v) is 4.31. The number of hydrogen-bond donors (Lipinski definition) is 1.